The van der Waals surface area contributed by atoms with E-state index < -0.39 is 5.41 Å². The summed E-state index contributed by atoms with van der Waals surface area (Å²) in [6, 6.07) is 11.9. The number of anilines is 1. The predicted molar refractivity (Wildman–Crippen MR) is 88.3 cm³/mol. The Morgan fingerprint density at radius 3 is 2.43 bits per heavy atom. The van der Waals surface area contributed by atoms with Crippen molar-refractivity contribution in [2.45, 2.75) is 31.6 Å². The smallest absolute Gasteiger partial charge is 0.235 e. The van der Waals surface area contributed by atoms with Crippen molar-refractivity contribution < 1.29 is 13.9 Å². The maximum atomic E-state index is 13.2. The molecule has 2 aromatic rings. The van der Waals surface area contributed by atoms with E-state index in [4.69, 9.17) is 4.74 Å². The third-order valence-corrected chi connectivity index (χ3v) is 4.64. The van der Waals surface area contributed by atoms with Crippen LogP contribution in [-0.4, -0.2) is 13.0 Å². The normalized spacial score (nSPS) is 15.6. The molecule has 1 aliphatic carbocycles. The molecule has 0 saturated heterocycles. The van der Waals surface area contributed by atoms with Gasteiger partial charge in [-0.25, -0.2) is 4.39 Å². The number of aryl methyl sites for hydroxylation is 1. The summed E-state index contributed by atoms with van der Waals surface area (Å²) in [5.74, 6) is 0.292. The number of hydrogen-bond acceptors (Lipinski definition) is 2. The van der Waals surface area contributed by atoms with Crippen LogP contribution in [-0.2, 0) is 10.2 Å². The Morgan fingerprint density at radius 1 is 1.17 bits per heavy atom. The summed E-state index contributed by atoms with van der Waals surface area (Å²) in [5.41, 5.74) is 2.02. The molecule has 1 N–H and O–H groups in total. The van der Waals surface area contributed by atoms with Gasteiger partial charge >= 0.3 is 0 Å². The number of benzene rings is 2. The number of carbonyl (C=O) groups excluding carboxylic acids is 1. The first-order valence-electron chi connectivity index (χ1n) is 7.77. The van der Waals surface area contributed by atoms with Gasteiger partial charge in [-0.05, 0) is 55.2 Å². The van der Waals surface area contributed by atoms with Gasteiger partial charge in [0.25, 0.3) is 0 Å². The van der Waals surface area contributed by atoms with Crippen molar-refractivity contribution in [3.05, 3.63) is 59.4 Å². The molecule has 1 aliphatic rings. The van der Waals surface area contributed by atoms with Gasteiger partial charge in [-0.2, -0.15) is 0 Å². The standard InChI is InChI=1S/C19H20FNO2/c1-13-4-9-17(23-2)16(12-13)21-18(22)19(10-3-11-19)14-5-7-15(20)8-6-14/h4-9,12H,3,10-11H2,1-2H3,(H,21,22). The molecule has 0 spiro atoms. The van der Waals surface area contributed by atoms with Crippen molar-refractivity contribution in [3.8, 4) is 5.75 Å². The van der Waals surface area contributed by atoms with E-state index in [1.807, 2.05) is 25.1 Å². The second kappa shape index (κ2) is 6.03. The van der Waals surface area contributed by atoms with Crippen LogP contribution >= 0.6 is 0 Å². The average molecular weight is 313 g/mol. The largest absolute Gasteiger partial charge is 0.495 e. The molecule has 4 heteroatoms. The van der Waals surface area contributed by atoms with Crippen LogP contribution in [0.2, 0.25) is 0 Å². The van der Waals surface area contributed by atoms with Crippen LogP contribution in [0.5, 0.6) is 5.75 Å². The molecule has 2 aromatic carbocycles. The fraction of sp³-hybridized carbons (Fsp3) is 0.316. The zero-order valence-electron chi connectivity index (χ0n) is 13.4. The number of halogens is 1. The molecule has 3 rings (SSSR count). The van der Waals surface area contributed by atoms with Crippen molar-refractivity contribution in [2.24, 2.45) is 0 Å². The SMILES string of the molecule is COc1ccc(C)cc1NC(=O)C1(c2ccc(F)cc2)CCC1. The third-order valence-electron chi connectivity index (χ3n) is 4.64. The highest BCUT2D eigenvalue weighted by Gasteiger charge is 2.45. The second-order valence-electron chi connectivity index (χ2n) is 6.10. The van der Waals surface area contributed by atoms with Gasteiger partial charge in [0.05, 0.1) is 18.2 Å². The Balaban J connectivity index is 1.89. The van der Waals surface area contributed by atoms with Gasteiger partial charge < -0.3 is 10.1 Å². The molecular formula is C19H20FNO2. The first kappa shape index (κ1) is 15.5. The minimum absolute atomic E-state index is 0.0562. The van der Waals surface area contributed by atoms with E-state index in [1.165, 1.54) is 12.1 Å². The monoisotopic (exact) mass is 313 g/mol. The molecule has 0 atom stereocenters. The van der Waals surface area contributed by atoms with Crippen LogP contribution in [0.1, 0.15) is 30.4 Å². The van der Waals surface area contributed by atoms with Crippen LogP contribution in [0.4, 0.5) is 10.1 Å². The summed E-state index contributed by atoms with van der Waals surface area (Å²) in [4.78, 5) is 12.9. The molecule has 120 valence electrons. The lowest BCUT2D eigenvalue weighted by Crippen LogP contribution is -2.46. The topological polar surface area (TPSA) is 38.3 Å². The van der Waals surface area contributed by atoms with Gasteiger partial charge in [0, 0.05) is 0 Å². The highest BCUT2D eigenvalue weighted by Crippen LogP contribution is 2.45. The Kier molecular flexibility index (Phi) is 4.07. The summed E-state index contributed by atoms with van der Waals surface area (Å²) in [5, 5.41) is 3.00. The van der Waals surface area contributed by atoms with Crippen molar-refractivity contribution in [2.75, 3.05) is 12.4 Å². The molecule has 0 unspecified atom stereocenters. The van der Waals surface area contributed by atoms with Gasteiger partial charge in [-0.3, -0.25) is 4.79 Å². The first-order chi connectivity index (χ1) is 11.0. The van der Waals surface area contributed by atoms with Crippen LogP contribution < -0.4 is 10.1 Å². The van der Waals surface area contributed by atoms with Gasteiger partial charge in [0.1, 0.15) is 11.6 Å². The molecule has 3 nitrogen and oxygen atoms in total. The molecule has 0 bridgehead atoms. The zero-order chi connectivity index (χ0) is 16.4. The van der Waals surface area contributed by atoms with E-state index in [-0.39, 0.29) is 11.7 Å². The van der Waals surface area contributed by atoms with Gasteiger partial charge in [0.15, 0.2) is 0 Å². The summed E-state index contributed by atoms with van der Waals surface area (Å²) in [6.45, 7) is 1.97. The van der Waals surface area contributed by atoms with Gasteiger partial charge in [-0.15, -0.1) is 0 Å². The van der Waals surface area contributed by atoms with Crippen molar-refractivity contribution in [1.82, 2.24) is 0 Å². The second-order valence-corrected chi connectivity index (χ2v) is 6.10. The lowest BCUT2D eigenvalue weighted by molar-refractivity contribution is -0.124. The molecule has 0 heterocycles. The van der Waals surface area contributed by atoms with E-state index in [1.54, 1.807) is 19.2 Å². The van der Waals surface area contributed by atoms with Crippen molar-refractivity contribution in [1.29, 1.82) is 0 Å². The Hall–Kier alpha value is -2.36. The van der Waals surface area contributed by atoms with Crippen LogP contribution in [0.3, 0.4) is 0 Å². The molecule has 1 amide bonds. The minimum atomic E-state index is -0.567. The lowest BCUT2D eigenvalue weighted by atomic mass is 9.64. The molecule has 0 aliphatic heterocycles. The summed E-state index contributed by atoms with van der Waals surface area (Å²) in [6.07, 6.45) is 2.55. The van der Waals surface area contributed by atoms with E-state index in [0.717, 1.165) is 30.4 Å². The number of hydrogen-bond donors (Lipinski definition) is 1. The number of carbonyl (C=O) groups is 1. The van der Waals surface area contributed by atoms with Gasteiger partial charge in [-0.1, -0.05) is 24.6 Å². The van der Waals surface area contributed by atoms with Crippen LogP contribution in [0.15, 0.2) is 42.5 Å². The van der Waals surface area contributed by atoms with Crippen molar-refractivity contribution in [3.63, 3.8) is 0 Å². The van der Waals surface area contributed by atoms with E-state index in [9.17, 15) is 9.18 Å². The molecular weight excluding hydrogens is 293 g/mol. The fourth-order valence-corrected chi connectivity index (χ4v) is 3.11. The lowest BCUT2D eigenvalue weighted by Gasteiger charge is -2.40. The Labute approximate surface area is 135 Å². The molecule has 0 aromatic heterocycles. The number of methoxy groups -OCH3 is 1. The average Bonchev–Trinajstić information content (AvgIpc) is 2.48. The Morgan fingerprint density at radius 2 is 1.87 bits per heavy atom. The minimum Gasteiger partial charge on any atom is -0.495 e. The zero-order valence-corrected chi connectivity index (χ0v) is 13.4. The maximum Gasteiger partial charge on any atom is 0.235 e. The first-order valence-corrected chi connectivity index (χ1v) is 7.77. The van der Waals surface area contributed by atoms with E-state index in [0.29, 0.717) is 11.4 Å². The Bertz CT molecular complexity index is 721. The quantitative estimate of drug-likeness (QED) is 0.918. The van der Waals surface area contributed by atoms with E-state index in [2.05, 4.69) is 5.32 Å². The highest BCUT2D eigenvalue weighted by atomic mass is 19.1. The van der Waals surface area contributed by atoms with Gasteiger partial charge in [0.2, 0.25) is 5.91 Å². The number of ether oxygens (including phenoxy) is 1. The number of nitrogens with one attached hydrogen (secondary N) is 1. The third kappa shape index (κ3) is 2.81. The predicted octanol–water partition coefficient (Wildman–Crippen LogP) is 4.20. The maximum absolute atomic E-state index is 13.2. The van der Waals surface area contributed by atoms with Crippen LogP contribution in [0, 0.1) is 12.7 Å². The molecule has 1 saturated carbocycles. The molecule has 1 fully saturated rings. The highest BCUT2D eigenvalue weighted by molar-refractivity contribution is 6.00. The fourth-order valence-electron chi connectivity index (χ4n) is 3.11. The number of amides is 1. The van der Waals surface area contributed by atoms with Crippen molar-refractivity contribution >= 4 is 11.6 Å². The molecule has 0 radical (unpaired) electrons. The summed E-state index contributed by atoms with van der Waals surface area (Å²) < 4.78 is 18.5. The molecule has 23 heavy (non-hydrogen) atoms. The summed E-state index contributed by atoms with van der Waals surface area (Å²) >= 11 is 0. The summed E-state index contributed by atoms with van der Waals surface area (Å²) in [7, 11) is 1.58. The van der Waals surface area contributed by atoms with E-state index >= 15 is 0 Å². The number of rotatable bonds is 4. The van der Waals surface area contributed by atoms with Crippen LogP contribution in [0.25, 0.3) is 0 Å².